The highest BCUT2D eigenvalue weighted by Crippen LogP contribution is 2.60. The van der Waals surface area contributed by atoms with Gasteiger partial charge < -0.3 is 5.11 Å². The lowest BCUT2D eigenvalue weighted by atomic mass is 10.0. The predicted octanol–water partition coefficient (Wildman–Crippen LogP) is 2.95. The van der Waals surface area contributed by atoms with E-state index in [-0.39, 0.29) is 27.0 Å². The fraction of sp³-hybridized carbons (Fsp3) is 0.571. The van der Waals surface area contributed by atoms with Crippen LogP contribution in [0.5, 0.6) is 0 Å². The van der Waals surface area contributed by atoms with Gasteiger partial charge in [0, 0.05) is 11.6 Å². The molecule has 0 aliphatic heterocycles. The molecule has 0 unspecified atom stereocenters. The van der Waals surface area contributed by atoms with Crippen LogP contribution in [0.1, 0.15) is 31.2 Å². The summed E-state index contributed by atoms with van der Waals surface area (Å²) in [5, 5.41) is 9.50. The van der Waals surface area contributed by atoms with Gasteiger partial charge in [0.25, 0.3) is 0 Å². The van der Waals surface area contributed by atoms with Crippen molar-refractivity contribution >= 4 is 33.2 Å². The van der Waals surface area contributed by atoms with Crippen molar-refractivity contribution in [2.24, 2.45) is 11.3 Å². The molecule has 7 heteroatoms. The van der Waals surface area contributed by atoms with Crippen molar-refractivity contribution in [3.05, 3.63) is 27.7 Å². The quantitative estimate of drug-likeness (QED) is 0.829. The van der Waals surface area contributed by atoms with Crippen LogP contribution in [0.25, 0.3) is 0 Å². The summed E-state index contributed by atoms with van der Waals surface area (Å²) < 4.78 is 27.6. The first-order valence-corrected chi connectivity index (χ1v) is 9.20. The predicted molar refractivity (Wildman–Crippen MR) is 82.0 cm³/mol. The van der Waals surface area contributed by atoms with E-state index in [9.17, 15) is 13.5 Å². The highest BCUT2D eigenvalue weighted by atomic mass is 35.5. The van der Waals surface area contributed by atoms with Gasteiger partial charge in [0.2, 0.25) is 10.0 Å². The summed E-state index contributed by atoms with van der Waals surface area (Å²) in [4.78, 5) is -0.0627. The number of halogens is 2. The Hall–Kier alpha value is -0.330. The summed E-state index contributed by atoms with van der Waals surface area (Å²) >= 11 is 12.0. The number of rotatable bonds is 6. The van der Waals surface area contributed by atoms with Gasteiger partial charge in [-0.25, -0.2) is 13.1 Å². The summed E-state index contributed by atoms with van der Waals surface area (Å²) in [6, 6.07) is 2.79. The van der Waals surface area contributed by atoms with Crippen LogP contribution in [0.2, 0.25) is 10.0 Å². The molecule has 0 spiro atoms. The van der Waals surface area contributed by atoms with Crippen LogP contribution >= 0.6 is 23.2 Å². The van der Waals surface area contributed by atoms with Gasteiger partial charge in [0.15, 0.2) is 0 Å². The Labute approximate surface area is 134 Å². The van der Waals surface area contributed by atoms with Crippen molar-refractivity contribution in [2.45, 2.75) is 37.2 Å². The normalized spacial score (nSPS) is 20.5. The van der Waals surface area contributed by atoms with E-state index in [1.807, 2.05) is 0 Å². The molecule has 116 valence electrons. The van der Waals surface area contributed by atoms with E-state index in [0.29, 0.717) is 18.0 Å². The lowest BCUT2D eigenvalue weighted by Gasteiger charge is -2.16. The third-order valence-corrected chi connectivity index (χ3v) is 6.69. The minimum Gasteiger partial charge on any atom is -0.392 e. The fourth-order valence-corrected chi connectivity index (χ4v) is 4.89. The summed E-state index contributed by atoms with van der Waals surface area (Å²) in [5.41, 5.74) is 0.477. The Bertz CT molecular complexity index is 667. The maximum Gasteiger partial charge on any atom is 0.242 e. The Kier molecular flexibility index (Phi) is 3.99. The Morgan fingerprint density at radius 3 is 2.48 bits per heavy atom. The standard InChI is InChI=1S/C14H17Cl2NO3S/c15-11-5-9(7-18)13(16)12(6-11)21(19,20)17-8-14(3-4-14)10-1-2-10/h5-6,10,17-18H,1-4,7-8H2. The first-order valence-electron chi connectivity index (χ1n) is 6.96. The number of hydrogen-bond donors (Lipinski definition) is 2. The zero-order chi connectivity index (χ0) is 15.3. The van der Waals surface area contributed by atoms with Gasteiger partial charge in [-0.15, -0.1) is 0 Å². The largest absolute Gasteiger partial charge is 0.392 e. The van der Waals surface area contributed by atoms with E-state index in [0.717, 1.165) is 12.8 Å². The second-order valence-electron chi connectivity index (χ2n) is 6.00. The van der Waals surface area contributed by atoms with Gasteiger partial charge in [0.1, 0.15) is 4.90 Å². The SMILES string of the molecule is O=S(=O)(NCC1(C2CC2)CC1)c1cc(Cl)cc(CO)c1Cl. The molecule has 4 nitrogen and oxygen atoms in total. The monoisotopic (exact) mass is 349 g/mol. The van der Waals surface area contributed by atoms with Crippen LogP contribution in [0.15, 0.2) is 17.0 Å². The topological polar surface area (TPSA) is 66.4 Å². The molecule has 0 saturated heterocycles. The van der Waals surface area contributed by atoms with Crippen molar-refractivity contribution < 1.29 is 13.5 Å². The van der Waals surface area contributed by atoms with Crippen LogP contribution < -0.4 is 4.72 Å². The van der Waals surface area contributed by atoms with Crippen LogP contribution in [-0.2, 0) is 16.6 Å². The summed E-state index contributed by atoms with van der Waals surface area (Å²) in [5.74, 6) is 0.669. The lowest BCUT2D eigenvalue weighted by Crippen LogP contribution is -2.31. The highest BCUT2D eigenvalue weighted by Gasteiger charge is 2.53. The number of sulfonamides is 1. The molecule has 2 aliphatic carbocycles. The molecule has 3 rings (SSSR count). The molecule has 2 saturated carbocycles. The van der Waals surface area contributed by atoms with Gasteiger partial charge in [-0.2, -0.15) is 0 Å². The second-order valence-corrected chi connectivity index (χ2v) is 8.55. The zero-order valence-corrected chi connectivity index (χ0v) is 13.7. The number of hydrogen-bond acceptors (Lipinski definition) is 3. The molecule has 0 bridgehead atoms. The zero-order valence-electron chi connectivity index (χ0n) is 11.4. The van der Waals surface area contributed by atoms with Crippen molar-refractivity contribution in [3.63, 3.8) is 0 Å². The molecule has 2 aliphatic rings. The molecule has 0 heterocycles. The van der Waals surface area contributed by atoms with E-state index in [2.05, 4.69) is 4.72 Å². The van der Waals surface area contributed by atoms with E-state index in [1.165, 1.54) is 25.0 Å². The van der Waals surface area contributed by atoms with Crippen molar-refractivity contribution in [3.8, 4) is 0 Å². The van der Waals surface area contributed by atoms with Gasteiger partial charge in [-0.3, -0.25) is 0 Å². The van der Waals surface area contributed by atoms with Crippen molar-refractivity contribution in [1.82, 2.24) is 4.72 Å². The van der Waals surface area contributed by atoms with Gasteiger partial charge >= 0.3 is 0 Å². The first-order chi connectivity index (χ1) is 9.88. The number of aliphatic hydroxyl groups is 1. The summed E-state index contributed by atoms with van der Waals surface area (Å²) in [6.45, 7) is 0.102. The van der Waals surface area contributed by atoms with Crippen LogP contribution in [0, 0.1) is 11.3 Å². The summed E-state index contributed by atoms with van der Waals surface area (Å²) in [6.07, 6.45) is 4.58. The van der Waals surface area contributed by atoms with E-state index in [4.69, 9.17) is 23.2 Å². The van der Waals surface area contributed by atoms with E-state index >= 15 is 0 Å². The molecule has 0 radical (unpaired) electrons. The third kappa shape index (κ3) is 3.08. The van der Waals surface area contributed by atoms with Gasteiger partial charge in [-0.05, 0) is 54.7 Å². The number of benzene rings is 1. The van der Waals surface area contributed by atoms with Gasteiger partial charge in [0.05, 0.1) is 11.6 Å². The smallest absolute Gasteiger partial charge is 0.242 e. The molecule has 2 N–H and O–H groups in total. The van der Waals surface area contributed by atoms with Gasteiger partial charge in [-0.1, -0.05) is 23.2 Å². The molecule has 2 fully saturated rings. The molecule has 21 heavy (non-hydrogen) atoms. The Balaban J connectivity index is 1.83. The molecular formula is C14H17Cl2NO3S. The van der Waals surface area contributed by atoms with Crippen LogP contribution in [0.3, 0.4) is 0 Å². The molecule has 0 amide bonds. The Morgan fingerprint density at radius 2 is 1.95 bits per heavy atom. The number of aliphatic hydroxyl groups excluding tert-OH is 1. The fourth-order valence-electron chi connectivity index (χ4n) is 2.83. The number of nitrogens with one attached hydrogen (secondary N) is 1. The molecule has 0 atom stereocenters. The molecule has 1 aromatic carbocycles. The molecule has 1 aromatic rings. The van der Waals surface area contributed by atoms with E-state index in [1.54, 1.807) is 0 Å². The van der Waals surface area contributed by atoms with Crippen molar-refractivity contribution in [1.29, 1.82) is 0 Å². The highest BCUT2D eigenvalue weighted by molar-refractivity contribution is 7.89. The first kappa shape index (κ1) is 15.6. The average Bonchev–Trinajstić information content (AvgIpc) is 3.30. The maximum atomic E-state index is 12.5. The van der Waals surface area contributed by atoms with Crippen LogP contribution in [-0.4, -0.2) is 20.1 Å². The average molecular weight is 350 g/mol. The second kappa shape index (κ2) is 5.39. The minimum atomic E-state index is -3.72. The van der Waals surface area contributed by atoms with Crippen molar-refractivity contribution in [2.75, 3.05) is 6.54 Å². The lowest BCUT2D eigenvalue weighted by molar-refractivity contribution is 0.281. The van der Waals surface area contributed by atoms with E-state index < -0.39 is 10.0 Å². The summed E-state index contributed by atoms with van der Waals surface area (Å²) in [7, 11) is -3.72. The van der Waals surface area contributed by atoms with Crippen LogP contribution in [0.4, 0.5) is 0 Å². The molecular weight excluding hydrogens is 333 g/mol. The minimum absolute atomic E-state index is 0.0330. The maximum absolute atomic E-state index is 12.5. The Morgan fingerprint density at radius 1 is 1.29 bits per heavy atom. The molecule has 0 aromatic heterocycles. The third-order valence-electron chi connectivity index (χ3n) is 4.49.